The van der Waals surface area contributed by atoms with Crippen molar-refractivity contribution in [2.24, 2.45) is 5.92 Å². The largest absolute Gasteiger partial charge is 0.347 e. The molecule has 0 saturated heterocycles. The Kier molecular flexibility index (Phi) is 3.88. The van der Waals surface area contributed by atoms with Crippen LogP contribution < -0.4 is 10.6 Å². The fourth-order valence-electron chi connectivity index (χ4n) is 2.61. The molecule has 1 aromatic rings. The number of rotatable bonds is 3. The molecule has 0 aliphatic heterocycles. The van der Waals surface area contributed by atoms with Crippen LogP contribution in [0.5, 0.6) is 0 Å². The maximum atomic E-state index is 11.8. The molecule has 0 saturated carbocycles. The van der Waals surface area contributed by atoms with Gasteiger partial charge in [0, 0.05) is 6.92 Å². The molecule has 4 nitrogen and oxygen atoms in total. The van der Waals surface area contributed by atoms with Gasteiger partial charge in [-0.15, -0.1) is 0 Å². The van der Waals surface area contributed by atoms with Crippen molar-refractivity contribution < 1.29 is 9.59 Å². The van der Waals surface area contributed by atoms with Crippen molar-refractivity contribution in [1.82, 2.24) is 10.6 Å². The fourth-order valence-corrected chi connectivity index (χ4v) is 2.61. The molecule has 0 heterocycles. The van der Waals surface area contributed by atoms with E-state index in [1.54, 1.807) is 0 Å². The SMILES string of the molecule is CC(=O)NCC(=O)NC1c2cc(C)ccc2CC1C. The summed E-state index contributed by atoms with van der Waals surface area (Å²) < 4.78 is 0. The van der Waals surface area contributed by atoms with E-state index in [1.165, 1.54) is 23.6 Å². The van der Waals surface area contributed by atoms with Gasteiger partial charge in [0.15, 0.2) is 0 Å². The summed E-state index contributed by atoms with van der Waals surface area (Å²) in [4.78, 5) is 22.6. The van der Waals surface area contributed by atoms with Crippen LogP contribution in [0.4, 0.5) is 0 Å². The normalized spacial score (nSPS) is 20.8. The van der Waals surface area contributed by atoms with E-state index in [1.807, 2.05) is 0 Å². The minimum atomic E-state index is -0.189. The maximum Gasteiger partial charge on any atom is 0.239 e. The average Bonchev–Trinajstić information content (AvgIpc) is 2.63. The van der Waals surface area contributed by atoms with E-state index in [9.17, 15) is 9.59 Å². The summed E-state index contributed by atoms with van der Waals surface area (Å²) >= 11 is 0. The Balaban J connectivity index is 2.07. The van der Waals surface area contributed by atoms with Crippen molar-refractivity contribution in [1.29, 1.82) is 0 Å². The number of hydrogen-bond donors (Lipinski definition) is 2. The van der Waals surface area contributed by atoms with Crippen LogP contribution in [0.15, 0.2) is 18.2 Å². The molecule has 102 valence electrons. The molecular formula is C15H20N2O2. The molecule has 2 rings (SSSR count). The molecule has 0 fully saturated rings. The van der Waals surface area contributed by atoms with Crippen molar-refractivity contribution in [2.45, 2.75) is 33.2 Å². The van der Waals surface area contributed by atoms with Crippen molar-refractivity contribution in [2.75, 3.05) is 6.54 Å². The van der Waals surface area contributed by atoms with E-state index in [0.717, 1.165) is 6.42 Å². The van der Waals surface area contributed by atoms with Crippen molar-refractivity contribution in [3.63, 3.8) is 0 Å². The molecule has 2 N–H and O–H groups in total. The van der Waals surface area contributed by atoms with Gasteiger partial charge in [0.1, 0.15) is 0 Å². The van der Waals surface area contributed by atoms with Crippen molar-refractivity contribution >= 4 is 11.8 Å². The van der Waals surface area contributed by atoms with Gasteiger partial charge in [-0.3, -0.25) is 9.59 Å². The quantitative estimate of drug-likeness (QED) is 0.865. The molecule has 1 aliphatic rings. The number of benzene rings is 1. The second kappa shape index (κ2) is 5.43. The lowest BCUT2D eigenvalue weighted by Gasteiger charge is -2.19. The molecule has 2 atom stereocenters. The first-order chi connectivity index (χ1) is 8.97. The van der Waals surface area contributed by atoms with Gasteiger partial charge in [-0.25, -0.2) is 0 Å². The summed E-state index contributed by atoms with van der Waals surface area (Å²) in [7, 11) is 0. The number of fused-ring (bicyclic) bond motifs is 1. The predicted molar refractivity (Wildman–Crippen MR) is 73.6 cm³/mol. The third-order valence-corrected chi connectivity index (χ3v) is 3.56. The predicted octanol–water partition coefficient (Wildman–Crippen LogP) is 1.48. The lowest BCUT2D eigenvalue weighted by Crippen LogP contribution is -2.38. The van der Waals surface area contributed by atoms with E-state index in [2.05, 4.69) is 42.7 Å². The number of nitrogens with one attached hydrogen (secondary N) is 2. The zero-order valence-corrected chi connectivity index (χ0v) is 11.6. The minimum absolute atomic E-state index is 0.0414. The van der Waals surface area contributed by atoms with Gasteiger partial charge in [0.2, 0.25) is 11.8 Å². The second-order valence-electron chi connectivity index (χ2n) is 5.34. The number of aryl methyl sites for hydroxylation is 1. The molecular weight excluding hydrogens is 240 g/mol. The van der Waals surface area contributed by atoms with Gasteiger partial charge in [-0.2, -0.15) is 0 Å². The Hall–Kier alpha value is -1.84. The Morgan fingerprint density at radius 2 is 2.11 bits per heavy atom. The topological polar surface area (TPSA) is 58.2 Å². The number of carbonyl (C=O) groups excluding carboxylic acids is 2. The third kappa shape index (κ3) is 3.13. The lowest BCUT2D eigenvalue weighted by atomic mass is 10.0. The molecule has 2 amide bonds. The Bertz CT molecular complexity index is 511. The summed E-state index contributed by atoms with van der Waals surface area (Å²) in [6, 6.07) is 6.44. The van der Waals surface area contributed by atoms with Crippen molar-refractivity contribution in [3.05, 3.63) is 34.9 Å². The highest BCUT2D eigenvalue weighted by Gasteiger charge is 2.30. The van der Waals surface area contributed by atoms with E-state index < -0.39 is 0 Å². The molecule has 0 spiro atoms. The second-order valence-corrected chi connectivity index (χ2v) is 5.34. The first-order valence-electron chi connectivity index (χ1n) is 6.60. The molecule has 0 aromatic heterocycles. The van der Waals surface area contributed by atoms with E-state index in [4.69, 9.17) is 0 Å². The zero-order valence-electron chi connectivity index (χ0n) is 11.6. The molecule has 0 bridgehead atoms. The first-order valence-corrected chi connectivity index (χ1v) is 6.60. The van der Waals surface area contributed by atoms with Crippen LogP contribution in [0.25, 0.3) is 0 Å². The summed E-state index contributed by atoms with van der Waals surface area (Å²) in [5.74, 6) is 0.0605. The van der Waals surface area contributed by atoms with Gasteiger partial charge in [-0.1, -0.05) is 30.7 Å². The van der Waals surface area contributed by atoms with E-state index >= 15 is 0 Å². The molecule has 1 aromatic carbocycles. The fraction of sp³-hybridized carbons (Fsp3) is 0.467. The zero-order chi connectivity index (χ0) is 14.0. The summed E-state index contributed by atoms with van der Waals surface area (Å²) in [6.07, 6.45) is 0.987. The smallest absolute Gasteiger partial charge is 0.239 e. The summed E-state index contributed by atoms with van der Waals surface area (Å²) in [6.45, 7) is 5.64. The van der Waals surface area contributed by atoms with Gasteiger partial charge >= 0.3 is 0 Å². The summed E-state index contributed by atoms with van der Waals surface area (Å²) in [5, 5.41) is 5.53. The number of amides is 2. The van der Waals surface area contributed by atoms with Crippen LogP contribution in [-0.2, 0) is 16.0 Å². The van der Waals surface area contributed by atoms with Gasteiger partial charge < -0.3 is 10.6 Å². The van der Waals surface area contributed by atoms with Crippen LogP contribution >= 0.6 is 0 Å². The molecule has 19 heavy (non-hydrogen) atoms. The van der Waals surface area contributed by atoms with Gasteiger partial charge in [0.25, 0.3) is 0 Å². The molecule has 1 aliphatic carbocycles. The molecule has 2 unspecified atom stereocenters. The number of carbonyl (C=O) groups is 2. The third-order valence-electron chi connectivity index (χ3n) is 3.56. The van der Waals surface area contributed by atoms with E-state index in [-0.39, 0.29) is 24.4 Å². The van der Waals surface area contributed by atoms with Crippen LogP contribution in [0.3, 0.4) is 0 Å². The van der Waals surface area contributed by atoms with Crippen molar-refractivity contribution in [3.8, 4) is 0 Å². The first kappa shape index (κ1) is 13.6. The van der Waals surface area contributed by atoms with Crippen LogP contribution in [0, 0.1) is 12.8 Å². The number of hydrogen-bond acceptors (Lipinski definition) is 2. The highest BCUT2D eigenvalue weighted by atomic mass is 16.2. The Morgan fingerprint density at radius 3 is 2.79 bits per heavy atom. The van der Waals surface area contributed by atoms with Crippen LogP contribution in [0.1, 0.15) is 36.6 Å². The van der Waals surface area contributed by atoms with Crippen LogP contribution in [-0.4, -0.2) is 18.4 Å². The molecule has 0 radical (unpaired) electrons. The minimum Gasteiger partial charge on any atom is -0.347 e. The van der Waals surface area contributed by atoms with Gasteiger partial charge in [-0.05, 0) is 30.4 Å². The molecule has 4 heteroatoms. The standard InChI is InChI=1S/C15H20N2O2/c1-9-4-5-12-7-10(2)15(13(12)6-9)17-14(19)8-16-11(3)18/h4-6,10,15H,7-8H2,1-3H3,(H,16,18)(H,17,19). The lowest BCUT2D eigenvalue weighted by molar-refractivity contribution is -0.125. The van der Waals surface area contributed by atoms with Crippen LogP contribution in [0.2, 0.25) is 0 Å². The summed E-state index contributed by atoms with van der Waals surface area (Å²) in [5.41, 5.74) is 3.72. The Morgan fingerprint density at radius 1 is 1.37 bits per heavy atom. The Labute approximate surface area is 113 Å². The average molecular weight is 260 g/mol. The van der Waals surface area contributed by atoms with Gasteiger partial charge in [0.05, 0.1) is 12.6 Å². The highest BCUT2D eigenvalue weighted by molar-refractivity contribution is 5.84. The maximum absolute atomic E-state index is 11.8. The highest BCUT2D eigenvalue weighted by Crippen LogP contribution is 2.36. The van der Waals surface area contributed by atoms with E-state index in [0.29, 0.717) is 5.92 Å². The monoisotopic (exact) mass is 260 g/mol.